The van der Waals surface area contributed by atoms with Crippen LogP contribution in [0.4, 0.5) is 0 Å². The topological polar surface area (TPSA) is 127 Å². The molecule has 0 aromatic heterocycles. The van der Waals surface area contributed by atoms with Crippen LogP contribution in [-0.2, 0) is 9.59 Å². The second-order valence-corrected chi connectivity index (χ2v) is 29.7. The van der Waals surface area contributed by atoms with Gasteiger partial charge in [-0.1, -0.05) is 95.2 Å². The minimum Gasteiger partial charge on any atom is -0.481 e. The van der Waals surface area contributed by atoms with Gasteiger partial charge >= 0.3 is 11.9 Å². The second kappa shape index (κ2) is 15.6. The monoisotopic (exact) mass is 913 g/mol. The summed E-state index contributed by atoms with van der Waals surface area (Å²) in [6.07, 6.45) is 22.9. The Labute approximate surface area is 403 Å². The molecule has 374 valence electrons. The maximum absolute atomic E-state index is 12.8. The molecule has 0 heterocycles. The van der Waals surface area contributed by atoms with Crippen molar-refractivity contribution in [3.8, 4) is 0 Å². The molecule has 6 heteroatoms. The lowest BCUT2D eigenvalue weighted by Gasteiger charge is -2.73. The Morgan fingerprint density at radius 1 is 0.485 bits per heavy atom. The zero-order valence-electron chi connectivity index (χ0n) is 44.7. The first kappa shape index (κ1) is 49.6. The minimum atomic E-state index is -0.524. The highest BCUT2D eigenvalue weighted by atomic mass is 16.4. The first-order chi connectivity index (χ1) is 30.5. The van der Waals surface area contributed by atoms with Crippen LogP contribution in [0.2, 0.25) is 0 Å². The molecular formula is C60H100N2O4. The molecule has 0 spiro atoms. The summed E-state index contributed by atoms with van der Waals surface area (Å²) in [7, 11) is 0. The maximum atomic E-state index is 12.8. The zero-order chi connectivity index (χ0) is 48.4. The number of allylic oxidation sites excluding steroid dienone is 1. The van der Waals surface area contributed by atoms with Crippen LogP contribution in [0.5, 0.6) is 0 Å². The molecule has 0 amide bonds. The lowest BCUT2D eigenvalue weighted by atomic mass is 9.32. The molecule has 20 atom stereocenters. The highest BCUT2D eigenvalue weighted by molar-refractivity contribution is 5.76. The number of hydrogen-bond donors (Lipinski definition) is 4. The fourth-order valence-corrected chi connectivity index (χ4v) is 23.3. The van der Waals surface area contributed by atoms with Crippen LogP contribution >= 0.6 is 0 Å². The minimum absolute atomic E-state index is 0.202. The molecule has 0 radical (unpaired) electrons. The highest BCUT2D eigenvalue weighted by Crippen LogP contribution is 2.79. The molecule has 66 heavy (non-hydrogen) atoms. The van der Waals surface area contributed by atoms with Crippen LogP contribution in [0.3, 0.4) is 0 Å². The number of nitrogens with two attached hydrogens (primary N) is 2. The van der Waals surface area contributed by atoms with Gasteiger partial charge in [0.1, 0.15) is 0 Å². The molecule has 0 aromatic carbocycles. The molecule has 6 nitrogen and oxygen atoms in total. The number of carboxylic acids is 2. The number of carbonyl (C=O) groups is 2. The van der Waals surface area contributed by atoms with Crippen molar-refractivity contribution in [3.63, 3.8) is 0 Å². The van der Waals surface area contributed by atoms with E-state index in [4.69, 9.17) is 11.5 Å². The van der Waals surface area contributed by atoms with Crippen molar-refractivity contribution in [2.24, 2.45) is 131 Å². The number of fused-ring (bicyclic) bond motifs is 14. The average Bonchev–Trinajstić information content (AvgIpc) is 3.84. The van der Waals surface area contributed by atoms with Crippen LogP contribution in [0.15, 0.2) is 12.2 Å². The Hall–Kier alpha value is -1.40. The molecule has 1 unspecified atom stereocenters. The molecule has 10 saturated carbocycles. The quantitative estimate of drug-likeness (QED) is 0.208. The third-order valence-corrected chi connectivity index (χ3v) is 27.5. The van der Waals surface area contributed by atoms with E-state index >= 15 is 0 Å². The Bertz CT molecular complexity index is 1960. The van der Waals surface area contributed by atoms with Crippen molar-refractivity contribution in [3.05, 3.63) is 12.2 Å². The molecule has 0 aromatic rings. The molecule has 0 bridgehead atoms. The van der Waals surface area contributed by atoms with Crippen molar-refractivity contribution >= 4 is 11.9 Å². The summed E-state index contributed by atoms with van der Waals surface area (Å²) in [4.78, 5) is 25.6. The van der Waals surface area contributed by atoms with Crippen LogP contribution in [0.25, 0.3) is 0 Å². The molecule has 10 fully saturated rings. The molecule has 0 aliphatic heterocycles. The van der Waals surface area contributed by atoms with Crippen LogP contribution in [0, 0.1) is 119 Å². The van der Waals surface area contributed by atoms with Crippen LogP contribution in [-0.4, -0.2) is 34.2 Å². The predicted octanol–water partition coefficient (Wildman–Crippen LogP) is 14.2. The molecule has 0 saturated heterocycles. The fourth-order valence-electron chi connectivity index (χ4n) is 23.3. The van der Waals surface area contributed by atoms with Gasteiger partial charge in [0.05, 0.1) is 10.8 Å². The number of hydrogen-bond acceptors (Lipinski definition) is 4. The van der Waals surface area contributed by atoms with E-state index in [1.165, 1.54) is 69.8 Å². The number of rotatable bonds is 4. The van der Waals surface area contributed by atoms with Gasteiger partial charge < -0.3 is 21.7 Å². The van der Waals surface area contributed by atoms with E-state index in [0.29, 0.717) is 75.7 Å². The molecule has 10 rings (SSSR count). The molecule has 10 aliphatic carbocycles. The van der Waals surface area contributed by atoms with Gasteiger partial charge in [0.15, 0.2) is 0 Å². The lowest BCUT2D eigenvalue weighted by molar-refractivity contribution is -0.241. The normalized spacial score (nSPS) is 55.2. The van der Waals surface area contributed by atoms with Gasteiger partial charge in [-0.15, -0.1) is 0 Å². The van der Waals surface area contributed by atoms with E-state index in [2.05, 4.69) is 96.6 Å². The third-order valence-electron chi connectivity index (χ3n) is 27.5. The van der Waals surface area contributed by atoms with E-state index in [0.717, 1.165) is 76.0 Å². The summed E-state index contributed by atoms with van der Waals surface area (Å²) in [5.74, 6) is 5.11. The van der Waals surface area contributed by atoms with Crippen molar-refractivity contribution in [2.45, 2.75) is 231 Å². The Kier molecular flexibility index (Phi) is 11.7. The van der Waals surface area contributed by atoms with Gasteiger partial charge in [-0.05, 0) is 244 Å². The first-order valence-corrected chi connectivity index (χ1v) is 28.1. The average molecular weight is 913 g/mol. The van der Waals surface area contributed by atoms with Crippen LogP contribution in [0.1, 0.15) is 218 Å². The van der Waals surface area contributed by atoms with E-state index in [1.807, 2.05) is 0 Å². The number of carboxylic acid groups (broad SMARTS) is 2. The predicted molar refractivity (Wildman–Crippen MR) is 269 cm³/mol. The van der Waals surface area contributed by atoms with Gasteiger partial charge in [0, 0.05) is 12.1 Å². The first-order valence-electron chi connectivity index (χ1n) is 28.1. The van der Waals surface area contributed by atoms with Gasteiger partial charge in [-0.25, -0.2) is 0 Å². The lowest BCUT2D eigenvalue weighted by Crippen LogP contribution is -2.67. The second-order valence-electron chi connectivity index (χ2n) is 29.7. The van der Waals surface area contributed by atoms with E-state index < -0.39 is 22.8 Å². The Morgan fingerprint density at radius 3 is 1.30 bits per heavy atom. The van der Waals surface area contributed by atoms with Crippen molar-refractivity contribution in [2.75, 3.05) is 0 Å². The highest BCUT2D eigenvalue weighted by Gasteiger charge is 2.74. The van der Waals surface area contributed by atoms with Crippen molar-refractivity contribution in [1.29, 1.82) is 0 Å². The summed E-state index contributed by atoms with van der Waals surface area (Å²) < 4.78 is 0. The maximum Gasteiger partial charge on any atom is 0.309 e. The SMILES string of the molecule is C=C(C)[C@@H]1CC[C@]2(C(=O)O)CC[C@]3(C)[C@H](CC[C@@H]4[C@@]5(C)CCC(N)C(C)(C)[C@@H]5CC[C@]43C)[C@@H]12.CC(C)[C@@H]1CC[C@]2(C(=O)O)CC[C@]3(C)[C@H](CC[C@@H]4[C@@]5(C)CC[C@H](N)C(C)(C)[C@@H]5CC[C@]43C)[C@@H]12. The summed E-state index contributed by atoms with van der Waals surface area (Å²) in [6, 6.07) is 0.635. The zero-order valence-corrected chi connectivity index (χ0v) is 44.7. The number of aliphatic carboxylic acids is 2. The summed E-state index contributed by atoms with van der Waals surface area (Å²) in [5.41, 5.74) is 15.9. The summed E-state index contributed by atoms with van der Waals surface area (Å²) in [6.45, 7) is 36.7. The largest absolute Gasteiger partial charge is 0.481 e. The van der Waals surface area contributed by atoms with Crippen molar-refractivity contribution in [1.82, 2.24) is 0 Å². The van der Waals surface area contributed by atoms with Crippen molar-refractivity contribution < 1.29 is 19.8 Å². The van der Waals surface area contributed by atoms with E-state index in [1.54, 1.807) is 0 Å². The fraction of sp³-hybridized carbons (Fsp3) is 0.933. The summed E-state index contributed by atoms with van der Waals surface area (Å²) in [5, 5.41) is 21.0. The summed E-state index contributed by atoms with van der Waals surface area (Å²) >= 11 is 0. The Balaban J connectivity index is 0.000000166. The smallest absolute Gasteiger partial charge is 0.309 e. The van der Waals surface area contributed by atoms with E-state index in [9.17, 15) is 19.8 Å². The standard InChI is InChI=1S/C30H51NO2.C30H49NO2/c2*1-18(2)19-10-15-30(25(32)33)17-16-28(6)20(24(19)30)8-9-22-27(5)13-12-23(31)26(3,4)21(27)11-14-29(22,28)7/h18-24H,8-17,31H2,1-7H3,(H,32,33);19-24H,1,8-17,31H2,2-7H3,(H,32,33)/t19-,20+,21-,22+,23-,24+,27-,28+,29+,30-;19-,20+,21-,22+,23?,24+,27-,28+,29+,30-/m00/s1. The van der Waals surface area contributed by atoms with Gasteiger partial charge in [-0.3, -0.25) is 9.59 Å². The van der Waals surface area contributed by atoms with Gasteiger partial charge in [0.2, 0.25) is 0 Å². The van der Waals surface area contributed by atoms with Crippen LogP contribution < -0.4 is 11.5 Å². The van der Waals surface area contributed by atoms with E-state index in [-0.39, 0.29) is 33.0 Å². The Morgan fingerprint density at radius 2 is 0.894 bits per heavy atom. The molecular weight excluding hydrogens is 813 g/mol. The third kappa shape index (κ3) is 6.15. The van der Waals surface area contributed by atoms with Gasteiger partial charge in [0.25, 0.3) is 0 Å². The molecule has 6 N–H and O–H groups in total. The molecule has 10 aliphatic rings. The van der Waals surface area contributed by atoms with Gasteiger partial charge in [-0.2, -0.15) is 0 Å².